The van der Waals surface area contributed by atoms with E-state index in [0.29, 0.717) is 30.7 Å². The van der Waals surface area contributed by atoms with Gasteiger partial charge in [0, 0.05) is 6.08 Å². The summed E-state index contributed by atoms with van der Waals surface area (Å²) >= 11 is 0. The van der Waals surface area contributed by atoms with Crippen LogP contribution < -0.4 is 4.74 Å². The van der Waals surface area contributed by atoms with E-state index in [1.165, 1.54) is 50.8 Å². The number of methoxy groups -OCH3 is 1. The summed E-state index contributed by atoms with van der Waals surface area (Å²) in [6.45, 7) is 17.5. The summed E-state index contributed by atoms with van der Waals surface area (Å²) in [5.74, 6) is -1.33. The van der Waals surface area contributed by atoms with Gasteiger partial charge in [-0.15, -0.1) is 0 Å². The van der Waals surface area contributed by atoms with Crippen molar-refractivity contribution >= 4 is 18.0 Å². The molecule has 0 bridgehead atoms. The predicted octanol–water partition coefficient (Wildman–Crippen LogP) is 1.67. The van der Waals surface area contributed by atoms with Gasteiger partial charge in [0.25, 0.3) is 0 Å². The van der Waals surface area contributed by atoms with E-state index in [1.54, 1.807) is 0 Å². The molecule has 10 aliphatic rings. The van der Waals surface area contributed by atoms with Crippen molar-refractivity contribution in [3.63, 3.8) is 0 Å². The van der Waals surface area contributed by atoms with Crippen LogP contribution in [0, 0.1) is 50.2 Å². The van der Waals surface area contributed by atoms with Crippen LogP contribution in [0.3, 0.4) is 0 Å². The number of fused-ring (bicyclic) bond motifs is 7. The molecule has 1 aromatic carbocycles. The van der Waals surface area contributed by atoms with Crippen LogP contribution in [-0.4, -0.2) is 253 Å². The largest absolute Gasteiger partial charge is 0.504 e. The van der Waals surface area contributed by atoms with E-state index < -0.39 is 183 Å². The summed E-state index contributed by atoms with van der Waals surface area (Å²) in [4.78, 5) is 26.6. The van der Waals surface area contributed by atoms with Crippen LogP contribution >= 0.6 is 0 Å². The van der Waals surface area contributed by atoms with Crippen LogP contribution in [0.15, 0.2) is 35.9 Å². The number of carbonyl (C=O) groups excluding carboxylic acids is 1. The van der Waals surface area contributed by atoms with Gasteiger partial charge in [0.05, 0.1) is 50.7 Å². The van der Waals surface area contributed by atoms with E-state index in [-0.39, 0.29) is 51.6 Å². The maximum absolute atomic E-state index is 13.3. The number of esters is 1. The quantitative estimate of drug-likeness (QED) is 0.0456. The molecule has 95 heavy (non-hydrogen) atoms. The van der Waals surface area contributed by atoms with Crippen molar-refractivity contribution in [3.8, 4) is 11.5 Å². The number of hydrogen-bond donors (Lipinski definition) is 13. The number of allylic oxidation sites excluding steroid dienone is 2. The SMILES string of the molecule is COc1ccc(/C=C/C(=O)O[C@H]2[C@H](OC[C@H]3O[C@@H](O[C@@H]4[C@H](O)[C@@H](O[C@H]5[C@H](OC6CCC7(C)C(CCC8(C)C7CC=C7C9CC(C)(C)CCC9(C(=O)O)CCC78C)C6(C)C)OC[C@H](O)[C@@H]5O)O[C@H](C)[C@H]4O)[C@H](O)[C@@H]3O)O[C@H](CO[C@@H]3O[C@@H](C)[C@H](O)[C@@H](O)[C@H]3O)[C@@H](O)[C@@H]2O)cc1O. The zero-order valence-electron chi connectivity index (χ0n) is 55.8. The molecule has 536 valence electrons. The maximum atomic E-state index is 13.3. The Bertz CT molecular complexity index is 2950. The number of aliphatic carboxylic acids is 1. The minimum Gasteiger partial charge on any atom is -0.504 e. The van der Waals surface area contributed by atoms with Gasteiger partial charge in [-0.3, -0.25) is 4.79 Å². The predicted molar refractivity (Wildman–Crippen MR) is 329 cm³/mol. The molecule has 0 radical (unpaired) electrons. The van der Waals surface area contributed by atoms with Gasteiger partial charge in [-0.05, 0) is 147 Å². The highest BCUT2D eigenvalue weighted by atomic mass is 16.8. The lowest BCUT2D eigenvalue weighted by Crippen LogP contribution is -2.66. The van der Waals surface area contributed by atoms with Crippen LogP contribution in [0.25, 0.3) is 6.08 Å². The first kappa shape index (κ1) is 72.6. The highest BCUT2D eigenvalue weighted by molar-refractivity contribution is 5.87. The molecule has 31 atom stereocenters. The maximum Gasteiger partial charge on any atom is 0.331 e. The van der Waals surface area contributed by atoms with Crippen LogP contribution in [0.4, 0.5) is 0 Å². The number of benzene rings is 1. The molecule has 27 nitrogen and oxygen atoms in total. The number of aliphatic hydroxyl groups excluding tert-OH is 11. The lowest BCUT2D eigenvalue weighted by atomic mass is 9.33. The molecule has 9 fully saturated rings. The van der Waals surface area contributed by atoms with E-state index in [2.05, 4.69) is 54.5 Å². The van der Waals surface area contributed by atoms with Crippen molar-refractivity contribution in [2.75, 3.05) is 26.9 Å². The molecule has 1 aromatic rings. The minimum absolute atomic E-state index is 0.0100. The number of phenolic OH excluding ortho intramolecular Hbond substituents is 1. The zero-order chi connectivity index (χ0) is 69.0. The average molecular weight is 1350 g/mol. The summed E-state index contributed by atoms with van der Waals surface area (Å²) in [6.07, 6.45) is -25.0. The van der Waals surface area contributed by atoms with Crippen LogP contribution in [0.2, 0.25) is 0 Å². The number of rotatable bonds is 17. The second-order valence-corrected chi connectivity index (χ2v) is 30.9. The average Bonchev–Trinajstić information content (AvgIpc) is 1.01. The van der Waals surface area contributed by atoms with E-state index in [0.717, 1.165) is 51.0 Å². The number of carboxylic acid groups (broad SMARTS) is 1. The Balaban J connectivity index is 0.749. The normalized spacial score (nSPS) is 48.7. The third kappa shape index (κ3) is 13.1. The van der Waals surface area contributed by atoms with Crippen LogP contribution in [0.5, 0.6) is 11.5 Å². The first-order valence-corrected chi connectivity index (χ1v) is 33.7. The molecule has 5 aliphatic heterocycles. The summed E-state index contributed by atoms with van der Waals surface area (Å²) in [7, 11) is 1.36. The number of aliphatic hydroxyl groups is 11. The van der Waals surface area contributed by atoms with Gasteiger partial charge in [-0.2, -0.15) is 0 Å². The fourth-order valence-electron chi connectivity index (χ4n) is 18.6. The third-order valence-electron chi connectivity index (χ3n) is 24.6. The zero-order valence-corrected chi connectivity index (χ0v) is 55.8. The fraction of sp³-hybridized carbons (Fsp3) is 0.824. The monoisotopic (exact) mass is 1350 g/mol. The lowest BCUT2D eigenvalue weighted by molar-refractivity contribution is -0.373. The van der Waals surface area contributed by atoms with Gasteiger partial charge in [0.15, 0.2) is 49.1 Å². The first-order chi connectivity index (χ1) is 44.6. The molecule has 13 N–H and O–H groups in total. The summed E-state index contributed by atoms with van der Waals surface area (Å²) in [5.41, 5.74) is 0.146. The number of ether oxygens (including phenoxy) is 12. The standard InChI is InChI=1S/C68H102O27/c1-30-44(72)49(77)52(80)57(88-30)86-28-38-47(75)50(78)56(93-43(71)16-12-32-11-14-37(84-10)35(69)25-32)60(91-38)87-29-39-48(76)51(79)58(90-39)94-54-45(73)31(2)89-59(53(54)81)95-55-46(74)36(70)27-85-61(55)92-42-18-19-65(7)40(64(42,5)6)17-20-67(9)41(65)15-13-33-34-26-63(3,4)21-23-68(34,62(82)83)24-22-66(33,67)8/h11-14,16,25,30-31,34,36,38-42,44-61,69-70,72-81H,15,17-24,26-29H2,1-10H3,(H,82,83)/b16-12+/t30-,31+,34?,36-,38+,39+,40?,41?,42?,44-,45+,46-,47+,48+,49+,50-,51+,52+,53-,54-,55+,56+,57+,58-,59+,60+,61-,65?,66?,67?,68?/m0/s1. The lowest BCUT2D eigenvalue weighted by Gasteiger charge is -2.71. The molecule has 4 saturated carbocycles. The number of carbonyl (C=O) groups is 2. The minimum atomic E-state index is -1.98. The van der Waals surface area contributed by atoms with Crippen molar-refractivity contribution in [1.82, 2.24) is 0 Å². The van der Waals surface area contributed by atoms with Crippen LogP contribution in [0.1, 0.15) is 132 Å². The van der Waals surface area contributed by atoms with Crippen molar-refractivity contribution in [2.24, 2.45) is 50.2 Å². The smallest absolute Gasteiger partial charge is 0.331 e. The topological polar surface area (TPSA) is 408 Å². The Labute approximate surface area is 553 Å². The van der Waals surface area contributed by atoms with Gasteiger partial charge in [0.2, 0.25) is 0 Å². The van der Waals surface area contributed by atoms with Crippen molar-refractivity contribution < 1.29 is 133 Å². The molecule has 5 saturated heterocycles. The Morgan fingerprint density at radius 2 is 1.23 bits per heavy atom. The van der Waals surface area contributed by atoms with Gasteiger partial charge in [-0.25, -0.2) is 4.79 Å². The van der Waals surface area contributed by atoms with E-state index >= 15 is 0 Å². The fourth-order valence-corrected chi connectivity index (χ4v) is 18.6. The number of carboxylic acids is 1. The Morgan fingerprint density at radius 1 is 0.611 bits per heavy atom. The molecular formula is C68H102O27. The Kier molecular flexibility index (Phi) is 20.9. The van der Waals surface area contributed by atoms with E-state index in [9.17, 15) is 76.0 Å². The van der Waals surface area contributed by atoms with Crippen molar-refractivity contribution in [1.29, 1.82) is 0 Å². The highest BCUT2D eigenvalue weighted by Gasteiger charge is 2.70. The van der Waals surface area contributed by atoms with Gasteiger partial charge in [-0.1, -0.05) is 66.2 Å². The highest BCUT2D eigenvalue weighted by Crippen LogP contribution is 2.76. The first-order valence-electron chi connectivity index (χ1n) is 33.7. The van der Waals surface area contributed by atoms with Crippen molar-refractivity contribution in [3.05, 3.63) is 41.5 Å². The molecule has 5 heterocycles. The number of aromatic hydroxyl groups is 1. The van der Waals surface area contributed by atoms with E-state index in [1.807, 2.05) is 0 Å². The molecule has 8 unspecified atom stereocenters. The molecule has 11 rings (SSSR count). The molecular weight excluding hydrogens is 1250 g/mol. The molecule has 0 amide bonds. The third-order valence-corrected chi connectivity index (χ3v) is 24.6. The Morgan fingerprint density at radius 3 is 1.92 bits per heavy atom. The number of hydrogen-bond acceptors (Lipinski definition) is 26. The molecule has 27 heteroatoms. The summed E-state index contributed by atoms with van der Waals surface area (Å²) < 4.78 is 71.3. The van der Waals surface area contributed by atoms with Gasteiger partial charge >= 0.3 is 11.9 Å². The second kappa shape index (κ2) is 27.4. The van der Waals surface area contributed by atoms with Gasteiger partial charge < -0.3 is 123 Å². The molecule has 0 spiro atoms. The summed E-state index contributed by atoms with van der Waals surface area (Å²) in [5, 5.41) is 144. The molecule has 0 aromatic heterocycles. The van der Waals surface area contributed by atoms with Gasteiger partial charge in [0.1, 0.15) is 91.6 Å². The number of phenols is 1. The summed E-state index contributed by atoms with van der Waals surface area (Å²) in [6, 6.07) is 4.28. The van der Waals surface area contributed by atoms with Crippen molar-refractivity contribution in [2.45, 2.75) is 274 Å². The van der Waals surface area contributed by atoms with E-state index in [4.69, 9.17) is 56.8 Å². The molecule has 5 aliphatic carbocycles. The van der Waals surface area contributed by atoms with Crippen LogP contribution in [-0.2, 0) is 61.7 Å². The second-order valence-electron chi connectivity index (χ2n) is 30.9. The Hall–Kier alpha value is -3.60.